The van der Waals surface area contributed by atoms with Gasteiger partial charge in [0.15, 0.2) is 0 Å². The molecule has 1 aliphatic heterocycles. The first kappa shape index (κ1) is 17.1. The number of aryl methyl sites for hydroxylation is 2. The van der Waals surface area contributed by atoms with E-state index in [-0.39, 0.29) is 6.04 Å². The summed E-state index contributed by atoms with van der Waals surface area (Å²) in [5.74, 6) is 1.89. The van der Waals surface area contributed by atoms with Crippen molar-refractivity contribution in [3.8, 4) is 0 Å². The average Bonchev–Trinajstić information content (AvgIpc) is 3.16. The topological polar surface area (TPSA) is 59.5 Å². The van der Waals surface area contributed by atoms with Gasteiger partial charge in [-0.15, -0.1) is 11.3 Å². The number of methoxy groups -OCH3 is 1. The molecule has 25 heavy (non-hydrogen) atoms. The fraction of sp³-hybridized carbons (Fsp3) is 0.667. The molecule has 136 valence electrons. The summed E-state index contributed by atoms with van der Waals surface area (Å²) < 4.78 is 10.7. The highest BCUT2D eigenvalue weighted by Gasteiger charge is 2.23. The smallest absolute Gasteiger partial charge is 0.146 e. The predicted molar refractivity (Wildman–Crippen MR) is 100 cm³/mol. The van der Waals surface area contributed by atoms with Crippen LogP contribution < -0.4 is 5.32 Å². The molecular formula is C18H26N4O2S. The van der Waals surface area contributed by atoms with E-state index >= 15 is 0 Å². The molecule has 2 aromatic heterocycles. The molecule has 0 bridgehead atoms. The first-order chi connectivity index (χ1) is 12.2. The Hall–Kier alpha value is -1.28. The molecule has 2 aromatic rings. The van der Waals surface area contributed by atoms with Gasteiger partial charge in [-0.05, 0) is 31.7 Å². The number of nitrogens with zero attached hydrogens (tertiary/aromatic N) is 3. The number of morpholine rings is 1. The fourth-order valence-electron chi connectivity index (χ4n) is 3.70. The van der Waals surface area contributed by atoms with Crippen LogP contribution in [0.1, 0.15) is 29.6 Å². The highest BCUT2D eigenvalue weighted by molar-refractivity contribution is 7.19. The molecule has 1 saturated heterocycles. The summed E-state index contributed by atoms with van der Waals surface area (Å²) in [4.78, 5) is 14.8. The molecule has 0 radical (unpaired) electrons. The van der Waals surface area contributed by atoms with E-state index in [0.717, 1.165) is 55.7 Å². The van der Waals surface area contributed by atoms with Gasteiger partial charge in [-0.1, -0.05) is 0 Å². The molecule has 6 nitrogen and oxygen atoms in total. The van der Waals surface area contributed by atoms with Crippen molar-refractivity contribution < 1.29 is 9.47 Å². The van der Waals surface area contributed by atoms with E-state index in [9.17, 15) is 0 Å². The van der Waals surface area contributed by atoms with E-state index < -0.39 is 0 Å². The molecule has 3 heterocycles. The summed E-state index contributed by atoms with van der Waals surface area (Å²) in [7, 11) is 1.74. The minimum atomic E-state index is 0.219. The van der Waals surface area contributed by atoms with Gasteiger partial charge >= 0.3 is 0 Å². The van der Waals surface area contributed by atoms with Gasteiger partial charge in [0, 0.05) is 31.1 Å². The molecule has 1 aliphatic carbocycles. The Morgan fingerprint density at radius 2 is 2.12 bits per heavy atom. The summed E-state index contributed by atoms with van der Waals surface area (Å²) in [6.07, 6.45) is 3.58. The van der Waals surface area contributed by atoms with Crippen LogP contribution in [0.25, 0.3) is 10.2 Å². The number of thiophene rings is 1. The van der Waals surface area contributed by atoms with Gasteiger partial charge in [0.05, 0.1) is 31.8 Å². The zero-order valence-electron chi connectivity index (χ0n) is 15.0. The Bertz CT molecular complexity index is 742. The third-order valence-corrected chi connectivity index (χ3v) is 6.07. The predicted octanol–water partition coefficient (Wildman–Crippen LogP) is 2.46. The standard InChI is InChI=1S/C18H26N4O2S/c1-12(11-23-2)19-17-16-13-4-3-5-14(13)25-18(16)21-15(20-17)10-22-6-8-24-9-7-22/h12H,3-11H2,1-2H3,(H,19,20,21). The largest absolute Gasteiger partial charge is 0.383 e. The van der Waals surface area contributed by atoms with Crippen molar-refractivity contribution in [3.05, 3.63) is 16.3 Å². The number of anilines is 1. The highest BCUT2D eigenvalue weighted by atomic mass is 32.1. The van der Waals surface area contributed by atoms with Crippen molar-refractivity contribution in [1.82, 2.24) is 14.9 Å². The number of aromatic nitrogens is 2. The number of fused-ring (bicyclic) bond motifs is 3. The van der Waals surface area contributed by atoms with Gasteiger partial charge in [0.2, 0.25) is 0 Å². The van der Waals surface area contributed by atoms with E-state index in [1.165, 1.54) is 28.7 Å². The Balaban J connectivity index is 1.67. The Morgan fingerprint density at radius 3 is 2.92 bits per heavy atom. The van der Waals surface area contributed by atoms with Gasteiger partial charge < -0.3 is 14.8 Å². The number of ether oxygens (including phenoxy) is 2. The molecule has 1 N–H and O–H groups in total. The monoisotopic (exact) mass is 362 g/mol. The lowest BCUT2D eigenvalue weighted by Gasteiger charge is -2.26. The molecule has 0 spiro atoms. The molecule has 1 fully saturated rings. The highest BCUT2D eigenvalue weighted by Crippen LogP contribution is 2.39. The van der Waals surface area contributed by atoms with E-state index in [2.05, 4.69) is 17.1 Å². The fourth-order valence-corrected chi connectivity index (χ4v) is 4.98. The third kappa shape index (κ3) is 3.65. The van der Waals surface area contributed by atoms with Crippen LogP contribution in [-0.4, -0.2) is 60.9 Å². The number of rotatable bonds is 6. The molecular weight excluding hydrogens is 336 g/mol. The van der Waals surface area contributed by atoms with Crippen LogP contribution in [0.5, 0.6) is 0 Å². The van der Waals surface area contributed by atoms with Crippen molar-refractivity contribution in [3.63, 3.8) is 0 Å². The molecule has 0 amide bonds. The third-order valence-electron chi connectivity index (χ3n) is 4.88. The van der Waals surface area contributed by atoms with E-state index in [4.69, 9.17) is 19.4 Å². The van der Waals surface area contributed by atoms with Gasteiger partial charge in [-0.3, -0.25) is 4.90 Å². The summed E-state index contributed by atoms with van der Waals surface area (Å²) in [5.41, 5.74) is 1.46. The second-order valence-electron chi connectivity index (χ2n) is 6.92. The van der Waals surface area contributed by atoms with E-state index in [0.29, 0.717) is 6.61 Å². The Morgan fingerprint density at radius 1 is 1.28 bits per heavy atom. The number of nitrogens with one attached hydrogen (secondary N) is 1. The van der Waals surface area contributed by atoms with Crippen LogP contribution in [0.15, 0.2) is 0 Å². The summed E-state index contributed by atoms with van der Waals surface area (Å²) in [6.45, 7) is 7.07. The number of hydrogen-bond acceptors (Lipinski definition) is 7. The molecule has 1 unspecified atom stereocenters. The second kappa shape index (κ2) is 7.53. The van der Waals surface area contributed by atoms with Gasteiger partial charge in [0.25, 0.3) is 0 Å². The molecule has 0 saturated carbocycles. The number of hydrogen-bond donors (Lipinski definition) is 1. The Kier molecular flexibility index (Phi) is 5.17. The lowest BCUT2D eigenvalue weighted by atomic mass is 10.2. The van der Waals surface area contributed by atoms with Crippen molar-refractivity contribution in [1.29, 1.82) is 0 Å². The minimum absolute atomic E-state index is 0.219. The normalized spacial score (nSPS) is 19.3. The first-order valence-electron chi connectivity index (χ1n) is 9.11. The summed E-state index contributed by atoms with van der Waals surface area (Å²) in [6, 6.07) is 0.219. The first-order valence-corrected chi connectivity index (χ1v) is 9.93. The SMILES string of the molecule is COCC(C)Nc1nc(CN2CCOCC2)nc2sc3c(c12)CCC3. The zero-order chi connectivity index (χ0) is 17.2. The maximum Gasteiger partial charge on any atom is 0.146 e. The second-order valence-corrected chi connectivity index (χ2v) is 8.00. The van der Waals surface area contributed by atoms with E-state index in [1.54, 1.807) is 7.11 Å². The van der Waals surface area contributed by atoms with Crippen LogP contribution in [0.3, 0.4) is 0 Å². The quantitative estimate of drug-likeness (QED) is 0.852. The van der Waals surface area contributed by atoms with Crippen LogP contribution in [0.2, 0.25) is 0 Å². The zero-order valence-corrected chi connectivity index (χ0v) is 15.8. The molecule has 0 aromatic carbocycles. The maximum atomic E-state index is 5.45. The lowest BCUT2D eigenvalue weighted by Crippen LogP contribution is -2.36. The van der Waals surface area contributed by atoms with Crippen LogP contribution >= 0.6 is 11.3 Å². The van der Waals surface area contributed by atoms with Crippen molar-refractivity contribution in [2.24, 2.45) is 0 Å². The van der Waals surface area contributed by atoms with Crippen LogP contribution in [0.4, 0.5) is 5.82 Å². The van der Waals surface area contributed by atoms with Crippen molar-refractivity contribution in [2.45, 2.75) is 38.8 Å². The molecule has 2 aliphatic rings. The Labute approximate surface area is 152 Å². The summed E-state index contributed by atoms with van der Waals surface area (Å²) >= 11 is 1.85. The molecule has 1 atom stereocenters. The summed E-state index contributed by atoms with van der Waals surface area (Å²) in [5, 5.41) is 4.81. The van der Waals surface area contributed by atoms with Gasteiger partial charge in [-0.2, -0.15) is 0 Å². The molecule has 7 heteroatoms. The van der Waals surface area contributed by atoms with E-state index in [1.807, 2.05) is 11.3 Å². The average molecular weight is 362 g/mol. The molecule has 4 rings (SSSR count). The van der Waals surface area contributed by atoms with Crippen LogP contribution in [0, 0.1) is 0 Å². The van der Waals surface area contributed by atoms with Crippen molar-refractivity contribution >= 4 is 27.4 Å². The minimum Gasteiger partial charge on any atom is -0.383 e. The van der Waals surface area contributed by atoms with Gasteiger partial charge in [-0.25, -0.2) is 9.97 Å². The van der Waals surface area contributed by atoms with Crippen molar-refractivity contribution in [2.75, 3.05) is 45.3 Å². The lowest BCUT2D eigenvalue weighted by molar-refractivity contribution is 0.0331. The maximum absolute atomic E-state index is 5.45. The van der Waals surface area contributed by atoms with Crippen LogP contribution in [-0.2, 0) is 28.9 Å². The van der Waals surface area contributed by atoms with Gasteiger partial charge in [0.1, 0.15) is 16.5 Å².